The Bertz CT molecular complexity index is 696. The first kappa shape index (κ1) is 19.2. The number of nitrogens with one attached hydrogen (secondary N) is 3. The van der Waals surface area contributed by atoms with Crippen LogP contribution in [0.2, 0.25) is 0 Å². The topological polar surface area (TPSA) is 76.7 Å². The van der Waals surface area contributed by atoms with E-state index < -0.39 is 0 Å². The predicted molar refractivity (Wildman–Crippen MR) is 110 cm³/mol. The summed E-state index contributed by atoms with van der Waals surface area (Å²) in [6.45, 7) is 7.84. The fraction of sp³-hybridized carbons (Fsp3) is 0.619. The number of nitrogens with zero attached hydrogens (tertiary/aromatic N) is 2. The molecule has 0 aromatic heterocycles. The monoisotopic (exact) mass is 385 g/mol. The average Bonchev–Trinajstić information content (AvgIpc) is 2.72. The van der Waals surface area contributed by atoms with Crippen LogP contribution < -0.4 is 20.9 Å². The van der Waals surface area contributed by atoms with Crippen molar-refractivity contribution in [2.24, 2.45) is 5.92 Å². The van der Waals surface area contributed by atoms with Crippen LogP contribution in [0.1, 0.15) is 25.7 Å². The van der Waals surface area contributed by atoms with E-state index in [4.69, 9.17) is 0 Å². The van der Waals surface area contributed by atoms with Crippen molar-refractivity contribution in [3.05, 3.63) is 24.3 Å². The van der Waals surface area contributed by atoms with Crippen molar-refractivity contribution in [2.45, 2.75) is 31.7 Å². The molecular formula is C21H31N5O2. The Morgan fingerprint density at radius 1 is 1.04 bits per heavy atom. The number of anilines is 2. The Balaban J connectivity index is 1.30. The summed E-state index contributed by atoms with van der Waals surface area (Å²) >= 11 is 0. The summed E-state index contributed by atoms with van der Waals surface area (Å²) in [4.78, 5) is 28.3. The lowest BCUT2D eigenvalue weighted by atomic mass is 9.97. The zero-order chi connectivity index (χ0) is 19.3. The van der Waals surface area contributed by atoms with Gasteiger partial charge < -0.3 is 15.5 Å². The van der Waals surface area contributed by atoms with Gasteiger partial charge in [-0.25, -0.2) is 0 Å². The summed E-state index contributed by atoms with van der Waals surface area (Å²) in [5.74, 6) is 0.432. The number of carbonyl (C=O) groups excluding carboxylic acids is 2. The van der Waals surface area contributed by atoms with Crippen LogP contribution >= 0.6 is 0 Å². The Hall–Kier alpha value is -2.12. The Morgan fingerprint density at radius 3 is 2.57 bits per heavy atom. The molecule has 3 aliphatic heterocycles. The third-order valence-corrected chi connectivity index (χ3v) is 6.14. The number of hydrogen-bond acceptors (Lipinski definition) is 6. The second-order valence-corrected chi connectivity index (χ2v) is 8.18. The van der Waals surface area contributed by atoms with Crippen LogP contribution in [0.25, 0.3) is 0 Å². The molecule has 7 heteroatoms. The quantitative estimate of drug-likeness (QED) is 0.657. The Morgan fingerprint density at radius 2 is 1.82 bits per heavy atom. The maximum atomic E-state index is 12.0. The maximum Gasteiger partial charge on any atom is 0.249 e. The average molecular weight is 386 g/mol. The first-order chi connectivity index (χ1) is 13.7. The van der Waals surface area contributed by atoms with Gasteiger partial charge in [-0.3, -0.25) is 19.8 Å². The molecule has 3 N–H and O–H groups in total. The molecule has 1 aromatic rings. The molecule has 152 valence electrons. The second kappa shape index (κ2) is 8.92. The van der Waals surface area contributed by atoms with E-state index >= 15 is 0 Å². The van der Waals surface area contributed by atoms with E-state index in [1.165, 1.54) is 25.1 Å². The molecule has 0 unspecified atom stereocenters. The molecule has 3 heterocycles. The zero-order valence-electron chi connectivity index (χ0n) is 16.5. The normalized spacial score (nSPS) is 24.9. The predicted octanol–water partition coefficient (Wildman–Crippen LogP) is 1.03. The SMILES string of the molecule is O=C1CC[C@@H](Nc2cccc(N3CCN(CC4CCNCC4)CC3)c2)C(=O)N1. The standard InChI is InChI=1S/C21H31N5O2/c27-20-5-4-19(21(28)24-20)23-17-2-1-3-18(14-17)26-12-10-25(11-13-26)15-16-6-8-22-9-7-16/h1-3,14,16,19,22-23H,4-13,15H2,(H,24,27,28)/t19-/m1/s1. The first-order valence-electron chi connectivity index (χ1n) is 10.6. The number of imide groups is 1. The fourth-order valence-electron chi connectivity index (χ4n) is 4.44. The van der Waals surface area contributed by atoms with Gasteiger partial charge in [0.05, 0.1) is 0 Å². The highest BCUT2D eigenvalue weighted by Crippen LogP contribution is 2.23. The molecule has 0 aliphatic carbocycles. The summed E-state index contributed by atoms with van der Waals surface area (Å²) < 4.78 is 0. The van der Waals surface area contributed by atoms with Crippen LogP contribution in [0.4, 0.5) is 11.4 Å². The molecule has 3 aliphatic rings. The van der Waals surface area contributed by atoms with Crippen LogP contribution in [-0.4, -0.2) is 68.6 Å². The highest BCUT2D eigenvalue weighted by Gasteiger charge is 2.26. The summed E-state index contributed by atoms with van der Waals surface area (Å²) in [6, 6.07) is 7.94. The van der Waals surface area contributed by atoms with Crippen molar-refractivity contribution >= 4 is 23.2 Å². The van der Waals surface area contributed by atoms with Crippen LogP contribution in [0.15, 0.2) is 24.3 Å². The van der Waals surface area contributed by atoms with Gasteiger partial charge >= 0.3 is 0 Å². The van der Waals surface area contributed by atoms with Crippen molar-refractivity contribution in [3.63, 3.8) is 0 Å². The second-order valence-electron chi connectivity index (χ2n) is 8.18. The fourth-order valence-corrected chi connectivity index (χ4v) is 4.44. The van der Waals surface area contributed by atoms with E-state index in [2.05, 4.69) is 37.9 Å². The Labute approximate surface area is 166 Å². The molecule has 3 saturated heterocycles. The van der Waals surface area contributed by atoms with E-state index in [-0.39, 0.29) is 17.9 Å². The number of amides is 2. The van der Waals surface area contributed by atoms with Gasteiger partial charge in [0.25, 0.3) is 0 Å². The molecule has 1 atom stereocenters. The van der Waals surface area contributed by atoms with E-state index in [0.717, 1.165) is 50.9 Å². The van der Waals surface area contributed by atoms with Crippen molar-refractivity contribution in [3.8, 4) is 0 Å². The summed E-state index contributed by atoms with van der Waals surface area (Å²) in [5, 5.41) is 9.14. The molecule has 0 spiro atoms. The first-order valence-corrected chi connectivity index (χ1v) is 10.6. The minimum Gasteiger partial charge on any atom is -0.374 e. The highest BCUT2D eigenvalue weighted by atomic mass is 16.2. The number of hydrogen-bond donors (Lipinski definition) is 3. The van der Waals surface area contributed by atoms with Gasteiger partial charge in [0, 0.05) is 50.5 Å². The number of piperazine rings is 1. The lowest BCUT2D eigenvalue weighted by molar-refractivity contribution is -0.133. The van der Waals surface area contributed by atoms with E-state index in [1.54, 1.807) is 0 Å². The number of benzene rings is 1. The molecule has 4 rings (SSSR count). The Kier molecular flexibility index (Phi) is 6.12. The number of piperidine rings is 2. The van der Waals surface area contributed by atoms with Crippen LogP contribution in [0.3, 0.4) is 0 Å². The van der Waals surface area contributed by atoms with Gasteiger partial charge in [0.1, 0.15) is 6.04 Å². The molecule has 0 bridgehead atoms. The van der Waals surface area contributed by atoms with Crippen molar-refractivity contribution < 1.29 is 9.59 Å². The number of carbonyl (C=O) groups is 2. The van der Waals surface area contributed by atoms with E-state index in [1.807, 2.05) is 12.1 Å². The number of rotatable bonds is 5. The third-order valence-electron chi connectivity index (χ3n) is 6.14. The van der Waals surface area contributed by atoms with Crippen LogP contribution in [0, 0.1) is 5.92 Å². The molecule has 3 fully saturated rings. The molecular weight excluding hydrogens is 354 g/mol. The van der Waals surface area contributed by atoms with Crippen LogP contribution in [-0.2, 0) is 9.59 Å². The van der Waals surface area contributed by atoms with Crippen molar-refractivity contribution in [1.29, 1.82) is 0 Å². The largest absolute Gasteiger partial charge is 0.374 e. The lowest BCUT2D eigenvalue weighted by Crippen LogP contribution is -2.48. The van der Waals surface area contributed by atoms with Crippen LogP contribution in [0.5, 0.6) is 0 Å². The van der Waals surface area contributed by atoms with Crippen molar-refractivity contribution in [1.82, 2.24) is 15.5 Å². The molecule has 0 radical (unpaired) electrons. The van der Waals surface area contributed by atoms with Gasteiger partial charge in [-0.1, -0.05) is 6.07 Å². The van der Waals surface area contributed by atoms with E-state index in [0.29, 0.717) is 12.8 Å². The van der Waals surface area contributed by atoms with E-state index in [9.17, 15) is 9.59 Å². The van der Waals surface area contributed by atoms with Crippen molar-refractivity contribution in [2.75, 3.05) is 56.0 Å². The maximum absolute atomic E-state index is 12.0. The molecule has 7 nitrogen and oxygen atoms in total. The van der Waals surface area contributed by atoms with Gasteiger partial charge in [0.15, 0.2) is 0 Å². The zero-order valence-corrected chi connectivity index (χ0v) is 16.5. The minimum atomic E-state index is -0.338. The van der Waals surface area contributed by atoms with Gasteiger partial charge in [-0.2, -0.15) is 0 Å². The minimum absolute atomic E-state index is 0.181. The molecule has 1 aromatic carbocycles. The summed E-state index contributed by atoms with van der Waals surface area (Å²) in [6.07, 6.45) is 3.54. The summed E-state index contributed by atoms with van der Waals surface area (Å²) in [7, 11) is 0. The lowest BCUT2D eigenvalue weighted by Gasteiger charge is -2.38. The van der Waals surface area contributed by atoms with Gasteiger partial charge in [0.2, 0.25) is 11.8 Å². The molecule has 28 heavy (non-hydrogen) atoms. The molecule has 0 saturated carbocycles. The third kappa shape index (κ3) is 4.83. The van der Waals surface area contributed by atoms with Gasteiger partial charge in [-0.15, -0.1) is 0 Å². The molecule has 2 amide bonds. The summed E-state index contributed by atoms with van der Waals surface area (Å²) in [5.41, 5.74) is 2.13. The van der Waals surface area contributed by atoms with Gasteiger partial charge in [-0.05, 0) is 56.5 Å². The smallest absolute Gasteiger partial charge is 0.249 e. The highest BCUT2D eigenvalue weighted by molar-refractivity contribution is 6.01.